The smallest absolute Gasteiger partial charge is 0.240 e. The van der Waals surface area contributed by atoms with Gasteiger partial charge in [-0.05, 0) is 37.5 Å². The molecule has 6 nitrogen and oxygen atoms in total. The van der Waals surface area contributed by atoms with Crippen molar-refractivity contribution in [2.24, 2.45) is 0 Å². The van der Waals surface area contributed by atoms with Gasteiger partial charge in [0, 0.05) is 18.2 Å². The van der Waals surface area contributed by atoms with Crippen molar-refractivity contribution >= 4 is 33.2 Å². The van der Waals surface area contributed by atoms with Crippen molar-refractivity contribution in [2.75, 3.05) is 30.3 Å². The van der Waals surface area contributed by atoms with E-state index >= 15 is 0 Å². The van der Waals surface area contributed by atoms with Gasteiger partial charge in [0.05, 0.1) is 18.0 Å². The Kier molecular flexibility index (Phi) is 5.89. The van der Waals surface area contributed by atoms with E-state index in [2.05, 4.69) is 5.32 Å². The SMILES string of the molecule is Cc1ccc(Cl)cc1N(CC(=O)NCC1CCCO1)S(C)(=O)=O. The van der Waals surface area contributed by atoms with Crippen LogP contribution < -0.4 is 9.62 Å². The molecule has 1 heterocycles. The van der Waals surface area contributed by atoms with Crippen LogP contribution in [-0.4, -0.2) is 46.4 Å². The molecular weight excluding hydrogens is 340 g/mol. The highest BCUT2D eigenvalue weighted by atomic mass is 35.5. The first-order chi connectivity index (χ1) is 10.8. The molecule has 0 radical (unpaired) electrons. The molecule has 0 bridgehead atoms. The minimum atomic E-state index is -3.61. The Hall–Kier alpha value is -1.31. The zero-order valence-corrected chi connectivity index (χ0v) is 14.8. The zero-order chi connectivity index (χ0) is 17.0. The Balaban J connectivity index is 2.10. The number of ether oxygens (including phenoxy) is 1. The lowest BCUT2D eigenvalue weighted by molar-refractivity contribution is -0.120. The number of benzene rings is 1. The largest absolute Gasteiger partial charge is 0.376 e. The molecule has 2 rings (SSSR count). The van der Waals surface area contributed by atoms with Crippen LogP contribution in [0.25, 0.3) is 0 Å². The number of anilines is 1. The van der Waals surface area contributed by atoms with Gasteiger partial charge >= 0.3 is 0 Å². The van der Waals surface area contributed by atoms with E-state index in [0.29, 0.717) is 23.9 Å². The van der Waals surface area contributed by atoms with Crippen LogP contribution in [0.4, 0.5) is 5.69 Å². The summed E-state index contributed by atoms with van der Waals surface area (Å²) >= 11 is 5.96. The normalized spacial score (nSPS) is 18.0. The third kappa shape index (κ3) is 5.09. The summed E-state index contributed by atoms with van der Waals surface area (Å²) in [4.78, 5) is 12.1. The number of rotatable bonds is 6. The van der Waals surface area contributed by atoms with E-state index in [1.54, 1.807) is 25.1 Å². The van der Waals surface area contributed by atoms with Gasteiger partial charge in [0.15, 0.2) is 0 Å². The Morgan fingerprint density at radius 2 is 2.22 bits per heavy atom. The van der Waals surface area contributed by atoms with E-state index in [0.717, 1.165) is 29.0 Å². The summed E-state index contributed by atoms with van der Waals surface area (Å²) < 4.78 is 30.6. The molecule has 0 spiro atoms. The Bertz CT molecular complexity index is 672. The first kappa shape index (κ1) is 18.0. The maximum atomic E-state index is 12.1. The second-order valence-corrected chi connectivity index (χ2v) is 7.98. The number of hydrogen-bond donors (Lipinski definition) is 1. The maximum absolute atomic E-state index is 12.1. The minimum Gasteiger partial charge on any atom is -0.376 e. The van der Waals surface area contributed by atoms with Gasteiger partial charge < -0.3 is 10.1 Å². The molecule has 1 N–H and O–H groups in total. The van der Waals surface area contributed by atoms with Gasteiger partial charge in [0.2, 0.25) is 15.9 Å². The lowest BCUT2D eigenvalue weighted by Gasteiger charge is -2.24. The summed E-state index contributed by atoms with van der Waals surface area (Å²) in [5.41, 5.74) is 1.14. The van der Waals surface area contributed by atoms with Crippen LogP contribution in [0, 0.1) is 6.92 Å². The molecular formula is C15H21ClN2O4S. The molecule has 23 heavy (non-hydrogen) atoms. The molecule has 1 aromatic carbocycles. The van der Waals surface area contributed by atoms with Crippen LogP contribution >= 0.6 is 11.6 Å². The number of amides is 1. The quantitative estimate of drug-likeness (QED) is 0.838. The number of carbonyl (C=O) groups excluding carboxylic acids is 1. The van der Waals surface area contributed by atoms with E-state index in [9.17, 15) is 13.2 Å². The average molecular weight is 361 g/mol. The first-order valence-corrected chi connectivity index (χ1v) is 9.62. The van der Waals surface area contributed by atoms with Crippen molar-refractivity contribution < 1.29 is 17.9 Å². The topological polar surface area (TPSA) is 75.7 Å². The highest BCUT2D eigenvalue weighted by Crippen LogP contribution is 2.26. The van der Waals surface area contributed by atoms with Gasteiger partial charge in [-0.2, -0.15) is 0 Å². The fourth-order valence-corrected chi connectivity index (χ4v) is 3.52. The van der Waals surface area contributed by atoms with Crippen LogP contribution in [-0.2, 0) is 19.6 Å². The third-order valence-electron chi connectivity index (χ3n) is 3.68. The lowest BCUT2D eigenvalue weighted by atomic mass is 10.2. The fourth-order valence-electron chi connectivity index (χ4n) is 2.45. The van der Waals surface area contributed by atoms with Crippen molar-refractivity contribution in [1.29, 1.82) is 0 Å². The summed E-state index contributed by atoms with van der Waals surface area (Å²) in [6, 6.07) is 4.95. The Morgan fingerprint density at radius 1 is 1.48 bits per heavy atom. The second kappa shape index (κ2) is 7.51. The van der Waals surface area contributed by atoms with E-state index in [1.807, 2.05) is 0 Å². The monoisotopic (exact) mass is 360 g/mol. The van der Waals surface area contributed by atoms with Crippen molar-refractivity contribution in [3.8, 4) is 0 Å². The number of halogens is 1. The van der Waals surface area contributed by atoms with Crippen LogP contribution in [0.15, 0.2) is 18.2 Å². The van der Waals surface area contributed by atoms with Gasteiger partial charge in [0.25, 0.3) is 0 Å². The summed E-state index contributed by atoms with van der Waals surface area (Å²) in [5.74, 6) is -0.370. The lowest BCUT2D eigenvalue weighted by Crippen LogP contribution is -2.42. The molecule has 1 aliphatic rings. The molecule has 128 valence electrons. The van der Waals surface area contributed by atoms with Crippen molar-refractivity contribution in [3.63, 3.8) is 0 Å². The molecule has 1 amide bonds. The van der Waals surface area contributed by atoms with E-state index in [-0.39, 0.29) is 18.6 Å². The van der Waals surface area contributed by atoms with Crippen molar-refractivity contribution in [1.82, 2.24) is 5.32 Å². The van der Waals surface area contributed by atoms with Crippen LogP contribution in [0.1, 0.15) is 18.4 Å². The summed E-state index contributed by atoms with van der Waals surface area (Å²) in [6.45, 7) is 2.59. The fraction of sp³-hybridized carbons (Fsp3) is 0.533. The third-order valence-corrected chi connectivity index (χ3v) is 5.04. The molecule has 1 aliphatic heterocycles. The van der Waals surface area contributed by atoms with Gasteiger partial charge in [-0.3, -0.25) is 9.10 Å². The van der Waals surface area contributed by atoms with Crippen molar-refractivity contribution in [3.05, 3.63) is 28.8 Å². The molecule has 0 saturated carbocycles. The van der Waals surface area contributed by atoms with E-state index in [1.165, 1.54) is 0 Å². The summed E-state index contributed by atoms with van der Waals surface area (Å²) in [6.07, 6.45) is 2.97. The number of nitrogens with zero attached hydrogens (tertiary/aromatic N) is 1. The number of nitrogens with one attached hydrogen (secondary N) is 1. The predicted molar refractivity (Wildman–Crippen MR) is 90.4 cm³/mol. The Labute approximate surface area is 141 Å². The standard InChI is InChI=1S/C15H21ClN2O4S/c1-11-5-6-12(16)8-14(11)18(23(2,20)21)10-15(19)17-9-13-4-3-7-22-13/h5-6,8,13H,3-4,7,9-10H2,1-2H3,(H,17,19). The van der Waals surface area contributed by atoms with Gasteiger partial charge in [0.1, 0.15) is 6.54 Å². The molecule has 1 fully saturated rings. The molecule has 1 aromatic rings. The molecule has 1 atom stereocenters. The summed E-state index contributed by atoms with van der Waals surface area (Å²) in [5, 5.41) is 3.14. The van der Waals surface area contributed by atoms with Crippen LogP contribution in [0.5, 0.6) is 0 Å². The van der Waals surface area contributed by atoms with Crippen LogP contribution in [0.2, 0.25) is 5.02 Å². The zero-order valence-electron chi connectivity index (χ0n) is 13.2. The Morgan fingerprint density at radius 3 is 2.83 bits per heavy atom. The molecule has 8 heteroatoms. The number of carbonyl (C=O) groups is 1. The molecule has 0 aliphatic carbocycles. The van der Waals surface area contributed by atoms with E-state index < -0.39 is 10.0 Å². The average Bonchev–Trinajstić information content (AvgIpc) is 2.97. The van der Waals surface area contributed by atoms with Gasteiger partial charge in [-0.25, -0.2) is 8.42 Å². The first-order valence-electron chi connectivity index (χ1n) is 7.39. The second-order valence-electron chi connectivity index (χ2n) is 5.64. The molecule has 0 aromatic heterocycles. The van der Waals surface area contributed by atoms with Crippen LogP contribution in [0.3, 0.4) is 0 Å². The molecule has 1 unspecified atom stereocenters. The van der Waals surface area contributed by atoms with Gasteiger partial charge in [-0.15, -0.1) is 0 Å². The predicted octanol–water partition coefficient (Wildman–Crippen LogP) is 1.71. The highest BCUT2D eigenvalue weighted by molar-refractivity contribution is 7.92. The minimum absolute atomic E-state index is 0.0125. The van der Waals surface area contributed by atoms with E-state index in [4.69, 9.17) is 16.3 Å². The maximum Gasteiger partial charge on any atom is 0.240 e. The highest BCUT2D eigenvalue weighted by Gasteiger charge is 2.23. The van der Waals surface area contributed by atoms with Crippen molar-refractivity contribution in [2.45, 2.75) is 25.9 Å². The van der Waals surface area contributed by atoms with Gasteiger partial charge in [-0.1, -0.05) is 17.7 Å². The summed E-state index contributed by atoms with van der Waals surface area (Å²) in [7, 11) is -3.61. The number of hydrogen-bond acceptors (Lipinski definition) is 4. The number of aryl methyl sites for hydroxylation is 1. The molecule has 1 saturated heterocycles. The number of sulfonamides is 1.